The van der Waals surface area contributed by atoms with Gasteiger partial charge < -0.3 is 0 Å². The first-order valence-electron chi connectivity index (χ1n) is 4.89. The fraction of sp³-hybridized carbons (Fsp3) is 0.143. The zero-order valence-electron chi connectivity index (χ0n) is 9.13. The van der Waals surface area contributed by atoms with Crippen LogP contribution in [0.1, 0.15) is 19.4 Å². The number of allylic oxidation sites excluding steroid dienone is 5. The number of hydrogen-bond acceptors (Lipinski definition) is 0. The molecule has 0 fully saturated rings. The predicted molar refractivity (Wildman–Crippen MR) is 64.0 cm³/mol. The second-order valence-corrected chi connectivity index (χ2v) is 3.40. The van der Waals surface area contributed by atoms with Gasteiger partial charge in [0.1, 0.15) is 5.82 Å². The Morgan fingerprint density at radius 3 is 2.33 bits per heavy atom. The van der Waals surface area contributed by atoms with Gasteiger partial charge in [0.05, 0.1) is 0 Å². The first-order valence-corrected chi connectivity index (χ1v) is 4.89. The average molecular weight is 202 g/mol. The Balaban J connectivity index is 2.78. The van der Waals surface area contributed by atoms with Crippen LogP contribution in [0.3, 0.4) is 0 Å². The van der Waals surface area contributed by atoms with Crippen LogP contribution in [0.2, 0.25) is 0 Å². The molecular weight excluding hydrogens is 187 g/mol. The van der Waals surface area contributed by atoms with Crippen LogP contribution in [0.25, 0.3) is 5.57 Å². The molecule has 0 aliphatic rings. The molecule has 0 aliphatic carbocycles. The highest BCUT2D eigenvalue weighted by atomic mass is 19.1. The van der Waals surface area contributed by atoms with E-state index in [0.29, 0.717) is 0 Å². The molecule has 1 aromatic carbocycles. The second kappa shape index (κ2) is 5.30. The summed E-state index contributed by atoms with van der Waals surface area (Å²) in [6.07, 6.45) is 5.95. The lowest BCUT2D eigenvalue weighted by atomic mass is 10.1. The van der Waals surface area contributed by atoms with E-state index in [9.17, 15) is 4.39 Å². The van der Waals surface area contributed by atoms with Crippen molar-refractivity contribution in [2.75, 3.05) is 0 Å². The highest BCUT2D eigenvalue weighted by Crippen LogP contribution is 2.14. The van der Waals surface area contributed by atoms with Crippen LogP contribution in [0.15, 0.2) is 54.6 Å². The van der Waals surface area contributed by atoms with Gasteiger partial charge in [-0.25, -0.2) is 4.39 Å². The third-order valence-corrected chi connectivity index (χ3v) is 2.22. The molecule has 0 unspecified atom stereocenters. The van der Waals surface area contributed by atoms with Crippen molar-refractivity contribution in [2.24, 2.45) is 0 Å². The molecule has 1 heteroatoms. The largest absolute Gasteiger partial charge is 0.207 e. The van der Waals surface area contributed by atoms with Gasteiger partial charge >= 0.3 is 0 Å². The zero-order valence-corrected chi connectivity index (χ0v) is 9.13. The smallest absolute Gasteiger partial charge is 0.123 e. The molecule has 78 valence electrons. The molecule has 1 aromatic rings. The van der Waals surface area contributed by atoms with Crippen LogP contribution < -0.4 is 0 Å². The summed E-state index contributed by atoms with van der Waals surface area (Å²) in [6.45, 7) is 7.93. The van der Waals surface area contributed by atoms with Gasteiger partial charge in [-0.1, -0.05) is 42.5 Å². The van der Waals surface area contributed by atoms with Crippen molar-refractivity contribution in [3.8, 4) is 0 Å². The normalized spacial score (nSPS) is 12.1. The van der Waals surface area contributed by atoms with Crippen molar-refractivity contribution in [2.45, 2.75) is 13.8 Å². The van der Waals surface area contributed by atoms with Crippen molar-refractivity contribution in [1.29, 1.82) is 0 Å². The topological polar surface area (TPSA) is 0 Å². The second-order valence-electron chi connectivity index (χ2n) is 3.40. The molecule has 1 rings (SSSR count). The summed E-state index contributed by atoms with van der Waals surface area (Å²) < 4.78 is 12.7. The number of rotatable bonds is 3. The molecule has 0 heterocycles. The molecule has 0 bridgehead atoms. The fourth-order valence-electron chi connectivity index (χ4n) is 1.09. The Kier molecular flexibility index (Phi) is 4.04. The Labute approximate surface area is 90.4 Å². The minimum atomic E-state index is -0.222. The number of hydrogen-bond donors (Lipinski definition) is 0. The summed E-state index contributed by atoms with van der Waals surface area (Å²) in [4.78, 5) is 0. The van der Waals surface area contributed by atoms with E-state index in [0.717, 1.165) is 11.1 Å². The summed E-state index contributed by atoms with van der Waals surface area (Å²) >= 11 is 0. The highest BCUT2D eigenvalue weighted by Gasteiger charge is 1.95. The van der Waals surface area contributed by atoms with Crippen molar-refractivity contribution in [3.05, 3.63) is 66.0 Å². The number of benzene rings is 1. The lowest BCUT2D eigenvalue weighted by Gasteiger charge is -1.99. The summed E-state index contributed by atoms with van der Waals surface area (Å²) in [5.74, 6) is -0.222. The van der Waals surface area contributed by atoms with Crippen molar-refractivity contribution < 1.29 is 4.39 Å². The molecule has 0 aliphatic heterocycles. The lowest BCUT2D eigenvalue weighted by Crippen LogP contribution is -1.80. The van der Waals surface area contributed by atoms with Crippen molar-refractivity contribution >= 4 is 5.57 Å². The number of halogens is 1. The van der Waals surface area contributed by atoms with E-state index in [4.69, 9.17) is 0 Å². The van der Waals surface area contributed by atoms with E-state index in [1.807, 2.05) is 32.1 Å². The maximum Gasteiger partial charge on any atom is 0.123 e. The van der Waals surface area contributed by atoms with Gasteiger partial charge in [0.2, 0.25) is 0 Å². The van der Waals surface area contributed by atoms with Crippen LogP contribution in [0.4, 0.5) is 4.39 Å². The summed E-state index contributed by atoms with van der Waals surface area (Å²) in [7, 11) is 0. The molecule has 0 nitrogen and oxygen atoms in total. The molecule has 0 saturated heterocycles. The first-order chi connectivity index (χ1) is 7.13. The monoisotopic (exact) mass is 202 g/mol. The quantitative estimate of drug-likeness (QED) is 0.639. The van der Waals surface area contributed by atoms with E-state index >= 15 is 0 Å². The Morgan fingerprint density at radius 2 is 1.80 bits per heavy atom. The van der Waals surface area contributed by atoms with E-state index in [2.05, 4.69) is 6.58 Å². The lowest BCUT2D eigenvalue weighted by molar-refractivity contribution is 0.627. The maximum atomic E-state index is 12.7. The van der Waals surface area contributed by atoms with Gasteiger partial charge in [-0.05, 0) is 37.1 Å². The van der Waals surface area contributed by atoms with Gasteiger partial charge in [-0.3, -0.25) is 0 Å². The van der Waals surface area contributed by atoms with Gasteiger partial charge in [-0.15, -0.1) is 0 Å². The van der Waals surface area contributed by atoms with Crippen LogP contribution in [-0.4, -0.2) is 0 Å². The van der Waals surface area contributed by atoms with E-state index < -0.39 is 0 Å². The van der Waals surface area contributed by atoms with Crippen LogP contribution in [0.5, 0.6) is 0 Å². The molecule has 0 spiro atoms. The first kappa shape index (κ1) is 11.4. The molecular formula is C14H15F. The minimum absolute atomic E-state index is 0.222. The van der Waals surface area contributed by atoms with E-state index in [1.165, 1.54) is 17.7 Å². The van der Waals surface area contributed by atoms with Crippen LogP contribution >= 0.6 is 0 Å². The van der Waals surface area contributed by atoms with Crippen molar-refractivity contribution in [3.63, 3.8) is 0 Å². The van der Waals surface area contributed by atoms with Gasteiger partial charge in [0.25, 0.3) is 0 Å². The molecule has 0 saturated carbocycles. The van der Waals surface area contributed by atoms with E-state index in [1.54, 1.807) is 12.1 Å². The standard InChI is InChI=1S/C14H15F/c1-4-11(2)5-6-12(3)13-7-9-14(15)10-8-13/h4-10H,3H2,1-2H3/b6-5-,11-4-. The molecule has 0 N–H and O–H groups in total. The maximum absolute atomic E-state index is 12.7. The van der Waals surface area contributed by atoms with Gasteiger partial charge in [0.15, 0.2) is 0 Å². The predicted octanol–water partition coefficient (Wildman–Crippen LogP) is 4.36. The highest BCUT2D eigenvalue weighted by molar-refractivity contribution is 5.72. The van der Waals surface area contributed by atoms with E-state index in [-0.39, 0.29) is 5.82 Å². The molecule has 15 heavy (non-hydrogen) atoms. The summed E-state index contributed by atoms with van der Waals surface area (Å²) in [5.41, 5.74) is 3.01. The van der Waals surface area contributed by atoms with Crippen molar-refractivity contribution in [1.82, 2.24) is 0 Å². The molecule has 0 aromatic heterocycles. The SMILES string of the molecule is C=C(/C=C\C(C)=C/C)c1ccc(F)cc1. The minimum Gasteiger partial charge on any atom is -0.207 e. The third kappa shape index (κ3) is 3.55. The van der Waals surface area contributed by atoms with Crippen LogP contribution in [0, 0.1) is 5.82 Å². The Bertz CT molecular complexity index is 394. The van der Waals surface area contributed by atoms with Gasteiger partial charge in [-0.2, -0.15) is 0 Å². The molecule has 0 radical (unpaired) electrons. The fourth-order valence-corrected chi connectivity index (χ4v) is 1.09. The molecule has 0 atom stereocenters. The summed E-state index contributed by atoms with van der Waals surface area (Å²) in [5, 5.41) is 0. The summed E-state index contributed by atoms with van der Waals surface area (Å²) in [6, 6.07) is 6.34. The third-order valence-electron chi connectivity index (χ3n) is 2.22. The van der Waals surface area contributed by atoms with Crippen LogP contribution in [-0.2, 0) is 0 Å². The Hall–Kier alpha value is -1.63. The van der Waals surface area contributed by atoms with Gasteiger partial charge in [0, 0.05) is 0 Å². The zero-order chi connectivity index (χ0) is 11.3. The Morgan fingerprint density at radius 1 is 1.20 bits per heavy atom. The molecule has 0 amide bonds. The average Bonchev–Trinajstić information content (AvgIpc) is 2.26.